The third kappa shape index (κ3) is 2.81. The topological polar surface area (TPSA) is 105 Å². The second-order valence-corrected chi connectivity index (χ2v) is 4.74. The summed E-state index contributed by atoms with van der Waals surface area (Å²) in [6.07, 6.45) is 3.47. The Hall–Kier alpha value is -2.18. The number of hydrogen-bond donors (Lipinski definition) is 2. The van der Waals surface area contributed by atoms with Gasteiger partial charge in [-0.2, -0.15) is 0 Å². The third-order valence-corrected chi connectivity index (χ3v) is 3.43. The highest BCUT2D eigenvalue weighted by atomic mass is 16.6. The highest BCUT2D eigenvalue weighted by Gasteiger charge is 2.33. The van der Waals surface area contributed by atoms with Crippen LogP contribution in [0.5, 0.6) is 0 Å². The minimum atomic E-state index is -0.811. The van der Waals surface area contributed by atoms with Gasteiger partial charge in [-0.05, 0) is 25.3 Å². The number of nitrogens with zero attached hydrogens (tertiary/aromatic N) is 2. The number of rotatable bonds is 4. The first kappa shape index (κ1) is 13.3. The van der Waals surface area contributed by atoms with E-state index >= 15 is 0 Å². The fourth-order valence-electron chi connectivity index (χ4n) is 2.41. The summed E-state index contributed by atoms with van der Waals surface area (Å²) in [4.78, 5) is 25.2. The van der Waals surface area contributed by atoms with Gasteiger partial charge in [0.1, 0.15) is 12.0 Å². The van der Waals surface area contributed by atoms with E-state index in [2.05, 4.69) is 10.3 Å². The molecule has 2 unspecified atom stereocenters. The lowest BCUT2D eigenvalue weighted by Crippen LogP contribution is -2.30. The number of aliphatic carboxylic acids is 1. The van der Waals surface area contributed by atoms with E-state index < -0.39 is 16.8 Å². The number of nitrogens with one attached hydrogen (secondary N) is 1. The van der Waals surface area contributed by atoms with E-state index in [0.717, 1.165) is 12.8 Å². The number of nitro groups is 1. The van der Waals surface area contributed by atoms with Crippen LogP contribution in [0.3, 0.4) is 0 Å². The molecule has 7 nitrogen and oxygen atoms in total. The predicted octanol–water partition coefficient (Wildman–Crippen LogP) is 1.96. The van der Waals surface area contributed by atoms with Crippen LogP contribution < -0.4 is 5.32 Å². The summed E-state index contributed by atoms with van der Waals surface area (Å²) in [6.45, 7) is 1.72. The van der Waals surface area contributed by atoms with E-state index in [4.69, 9.17) is 5.11 Å². The van der Waals surface area contributed by atoms with Crippen molar-refractivity contribution in [1.82, 2.24) is 4.98 Å². The molecule has 2 atom stereocenters. The highest BCUT2D eigenvalue weighted by Crippen LogP contribution is 2.29. The zero-order valence-electron chi connectivity index (χ0n) is 10.5. The molecule has 1 heterocycles. The van der Waals surface area contributed by atoms with Gasteiger partial charge in [-0.15, -0.1) is 0 Å². The van der Waals surface area contributed by atoms with Gasteiger partial charge in [0.2, 0.25) is 0 Å². The van der Waals surface area contributed by atoms with Crippen LogP contribution in [0.2, 0.25) is 0 Å². The van der Waals surface area contributed by atoms with Crippen molar-refractivity contribution in [2.75, 3.05) is 5.32 Å². The Labute approximate surface area is 109 Å². The molecule has 2 rings (SSSR count). The van der Waals surface area contributed by atoms with Crippen LogP contribution >= 0.6 is 0 Å². The smallest absolute Gasteiger partial charge is 0.308 e. The molecule has 7 heteroatoms. The molecule has 1 fully saturated rings. The van der Waals surface area contributed by atoms with Crippen LogP contribution in [0.25, 0.3) is 0 Å². The van der Waals surface area contributed by atoms with Crippen LogP contribution in [0.15, 0.2) is 12.3 Å². The third-order valence-electron chi connectivity index (χ3n) is 3.43. The molecule has 1 aliphatic carbocycles. The fraction of sp³-hybridized carbons (Fsp3) is 0.500. The zero-order chi connectivity index (χ0) is 14.0. The lowest BCUT2D eigenvalue weighted by Gasteiger charge is -2.19. The predicted molar refractivity (Wildman–Crippen MR) is 68.0 cm³/mol. The number of carboxylic acid groups (broad SMARTS) is 1. The summed E-state index contributed by atoms with van der Waals surface area (Å²) in [5, 5.41) is 22.8. The number of carbonyl (C=O) groups is 1. The fourth-order valence-corrected chi connectivity index (χ4v) is 2.41. The van der Waals surface area contributed by atoms with Crippen molar-refractivity contribution in [2.45, 2.75) is 32.2 Å². The Kier molecular flexibility index (Phi) is 3.64. The maximum Gasteiger partial charge on any atom is 0.308 e. The highest BCUT2D eigenvalue weighted by molar-refractivity contribution is 5.72. The molecular weight excluding hydrogens is 250 g/mol. The SMILES string of the molecule is Cc1cc([N+](=O)[O-])cnc1NC1CCCC1C(=O)O. The number of aromatic nitrogens is 1. The second-order valence-electron chi connectivity index (χ2n) is 4.74. The van der Waals surface area contributed by atoms with Crippen LogP contribution in [-0.2, 0) is 4.79 Å². The molecule has 19 heavy (non-hydrogen) atoms. The molecule has 0 amide bonds. The van der Waals surface area contributed by atoms with Crippen molar-refractivity contribution in [3.63, 3.8) is 0 Å². The van der Waals surface area contributed by atoms with Crippen molar-refractivity contribution in [3.05, 3.63) is 27.9 Å². The molecule has 1 saturated carbocycles. The van der Waals surface area contributed by atoms with Gasteiger partial charge in [0.15, 0.2) is 0 Å². The van der Waals surface area contributed by atoms with Gasteiger partial charge in [-0.3, -0.25) is 14.9 Å². The summed E-state index contributed by atoms with van der Waals surface area (Å²) < 4.78 is 0. The van der Waals surface area contributed by atoms with Crippen molar-refractivity contribution in [3.8, 4) is 0 Å². The largest absolute Gasteiger partial charge is 0.481 e. The van der Waals surface area contributed by atoms with Gasteiger partial charge in [-0.25, -0.2) is 4.98 Å². The molecule has 102 valence electrons. The molecule has 0 radical (unpaired) electrons. The minimum absolute atomic E-state index is 0.0655. The van der Waals surface area contributed by atoms with Crippen molar-refractivity contribution in [1.29, 1.82) is 0 Å². The van der Waals surface area contributed by atoms with Gasteiger partial charge < -0.3 is 10.4 Å². The summed E-state index contributed by atoms with van der Waals surface area (Å²) in [6, 6.07) is 1.27. The first-order valence-corrected chi connectivity index (χ1v) is 6.09. The Balaban J connectivity index is 2.15. The molecular formula is C12H15N3O4. The van der Waals surface area contributed by atoms with Gasteiger partial charge >= 0.3 is 5.97 Å². The maximum atomic E-state index is 11.1. The van der Waals surface area contributed by atoms with E-state index in [9.17, 15) is 14.9 Å². The normalized spacial score (nSPS) is 22.2. The Bertz CT molecular complexity index is 518. The van der Waals surface area contributed by atoms with Gasteiger partial charge in [0.25, 0.3) is 5.69 Å². The standard InChI is InChI=1S/C12H15N3O4/c1-7-5-8(15(18)19)6-13-11(7)14-10-4-2-3-9(10)12(16)17/h5-6,9-10H,2-4H2,1H3,(H,13,14)(H,16,17). The van der Waals surface area contributed by atoms with Crippen LogP contribution in [0, 0.1) is 23.0 Å². The number of hydrogen-bond acceptors (Lipinski definition) is 5. The van der Waals surface area contributed by atoms with Crippen molar-refractivity contribution >= 4 is 17.5 Å². The summed E-state index contributed by atoms with van der Waals surface area (Å²) in [7, 11) is 0. The average molecular weight is 265 g/mol. The van der Waals surface area contributed by atoms with E-state index in [1.165, 1.54) is 12.3 Å². The second kappa shape index (κ2) is 5.21. The van der Waals surface area contributed by atoms with Gasteiger partial charge in [0.05, 0.1) is 10.8 Å². The number of aryl methyl sites for hydroxylation is 1. The number of anilines is 1. The molecule has 0 aliphatic heterocycles. The minimum Gasteiger partial charge on any atom is -0.481 e. The summed E-state index contributed by atoms with van der Waals surface area (Å²) in [5.74, 6) is -0.713. The van der Waals surface area contributed by atoms with E-state index in [1.54, 1.807) is 6.92 Å². The average Bonchev–Trinajstić information content (AvgIpc) is 2.79. The first-order chi connectivity index (χ1) is 8.99. The summed E-state index contributed by atoms with van der Waals surface area (Å²) in [5.41, 5.74) is 0.578. The molecule has 0 aromatic carbocycles. The first-order valence-electron chi connectivity index (χ1n) is 6.09. The molecule has 2 N–H and O–H groups in total. The van der Waals surface area contributed by atoms with E-state index in [1.807, 2.05) is 0 Å². The molecule has 1 aliphatic rings. The molecule has 0 saturated heterocycles. The Morgan fingerprint density at radius 3 is 2.89 bits per heavy atom. The van der Waals surface area contributed by atoms with Crippen LogP contribution in [0.4, 0.5) is 11.5 Å². The van der Waals surface area contributed by atoms with Gasteiger partial charge in [0, 0.05) is 12.1 Å². The maximum absolute atomic E-state index is 11.1. The van der Waals surface area contributed by atoms with Crippen molar-refractivity contribution in [2.24, 2.45) is 5.92 Å². The Morgan fingerprint density at radius 1 is 1.58 bits per heavy atom. The molecule has 1 aromatic rings. The van der Waals surface area contributed by atoms with Crippen LogP contribution in [0.1, 0.15) is 24.8 Å². The van der Waals surface area contributed by atoms with E-state index in [0.29, 0.717) is 17.8 Å². The Morgan fingerprint density at radius 2 is 2.32 bits per heavy atom. The van der Waals surface area contributed by atoms with Crippen LogP contribution in [-0.4, -0.2) is 27.0 Å². The molecule has 0 spiro atoms. The van der Waals surface area contributed by atoms with Gasteiger partial charge in [-0.1, -0.05) is 6.42 Å². The number of carboxylic acids is 1. The number of pyridine rings is 1. The zero-order valence-corrected chi connectivity index (χ0v) is 10.5. The summed E-state index contributed by atoms with van der Waals surface area (Å²) >= 11 is 0. The molecule has 0 bridgehead atoms. The monoisotopic (exact) mass is 265 g/mol. The lowest BCUT2D eigenvalue weighted by atomic mass is 10.0. The van der Waals surface area contributed by atoms with E-state index in [-0.39, 0.29) is 11.7 Å². The quantitative estimate of drug-likeness (QED) is 0.636. The lowest BCUT2D eigenvalue weighted by molar-refractivity contribution is -0.385. The van der Waals surface area contributed by atoms with Crippen molar-refractivity contribution < 1.29 is 14.8 Å². The molecule has 1 aromatic heterocycles.